The fraction of sp³-hybridized carbons (Fsp3) is 0.538. The Morgan fingerprint density at radius 2 is 0.357 bits per heavy atom. The molecule has 70 heavy (non-hydrogen) atoms. The maximum Gasteiger partial charge on any atom is 0.311 e. The predicted molar refractivity (Wildman–Crippen MR) is 332 cm³/mol. The van der Waals surface area contributed by atoms with Gasteiger partial charge in [-0.15, -0.1) is 0 Å². The molecule has 0 amide bonds. The Hall–Kier alpha value is -1.27. The molecule has 0 saturated carbocycles. The van der Waals surface area contributed by atoms with Crippen molar-refractivity contribution in [3.63, 3.8) is 0 Å². The summed E-state index contributed by atoms with van der Waals surface area (Å²) in [5, 5.41) is 9.05. The molecule has 0 saturated heterocycles. The van der Waals surface area contributed by atoms with Crippen LogP contribution in [0, 0.1) is 0 Å². The standard InChI is InChI=1S/2C22H40O4Si5.2C4H10/c2*1-27(2,23)19-11-15-21(16-12-19)29(5,6)25-31(9,10)26-30(7,8)22-17-13-20(14-18-22)28(3,4)24;2*1-3-4-2/h2*11-18,23-24H,1-10H3;2*3-4H2,1-2H3. The maximum atomic E-state index is 10.4. The Morgan fingerprint density at radius 3 is 0.457 bits per heavy atom. The van der Waals surface area contributed by atoms with Crippen LogP contribution in [0.1, 0.15) is 53.4 Å². The highest BCUT2D eigenvalue weighted by Crippen LogP contribution is 2.23. The molecule has 0 radical (unpaired) electrons. The van der Waals surface area contributed by atoms with Crippen LogP contribution in [0.5, 0.6) is 0 Å². The third-order valence-electron chi connectivity index (χ3n) is 12.1. The highest BCUT2D eigenvalue weighted by molar-refractivity contribution is 6.97. The van der Waals surface area contributed by atoms with E-state index in [4.69, 9.17) is 16.5 Å². The molecule has 0 bridgehead atoms. The molecule has 18 heteroatoms. The van der Waals surface area contributed by atoms with Crippen LogP contribution in [-0.4, -0.2) is 103 Å². The van der Waals surface area contributed by atoms with Crippen LogP contribution in [0.2, 0.25) is 131 Å². The van der Waals surface area contributed by atoms with E-state index in [0.29, 0.717) is 0 Å². The minimum atomic E-state index is -2.40. The third kappa shape index (κ3) is 22.7. The lowest BCUT2D eigenvalue weighted by Gasteiger charge is -2.39. The molecular weight excluding hydrogens is 1030 g/mol. The first-order chi connectivity index (χ1) is 31.5. The van der Waals surface area contributed by atoms with E-state index in [-0.39, 0.29) is 0 Å². The van der Waals surface area contributed by atoms with E-state index >= 15 is 0 Å². The average molecular weight is 1130 g/mol. The zero-order valence-electron chi connectivity index (χ0n) is 48.5. The van der Waals surface area contributed by atoms with Crippen molar-refractivity contribution >= 4 is 125 Å². The first-order valence-corrected chi connectivity index (χ1v) is 54.7. The van der Waals surface area contributed by atoms with E-state index in [0.717, 1.165) is 20.7 Å². The Labute approximate surface area is 439 Å². The Morgan fingerprint density at radius 1 is 0.243 bits per heavy atom. The van der Waals surface area contributed by atoms with Gasteiger partial charge in [-0.2, -0.15) is 0 Å². The van der Waals surface area contributed by atoms with Crippen molar-refractivity contribution in [2.24, 2.45) is 0 Å². The van der Waals surface area contributed by atoms with Gasteiger partial charge in [-0.25, -0.2) is 0 Å². The number of hydrogen-bond donors (Lipinski definition) is 4. The van der Waals surface area contributed by atoms with Gasteiger partial charge in [0.25, 0.3) is 0 Å². The van der Waals surface area contributed by atoms with Crippen molar-refractivity contribution in [1.82, 2.24) is 0 Å². The van der Waals surface area contributed by atoms with Gasteiger partial charge in [0.2, 0.25) is 66.5 Å². The van der Waals surface area contributed by atoms with Gasteiger partial charge in [0.1, 0.15) is 0 Å². The van der Waals surface area contributed by atoms with Crippen LogP contribution in [0.25, 0.3) is 0 Å². The zero-order valence-corrected chi connectivity index (χ0v) is 58.5. The topological polar surface area (TPSA) is 118 Å². The molecule has 4 aromatic carbocycles. The van der Waals surface area contributed by atoms with Crippen molar-refractivity contribution in [1.29, 1.82) is 0 Å². The Kier molecular flexibility index (Phi) is 25.2. The minimum Gasteiger partial charge on any atom is -0.433 e. The van der Waals surface area contributed by atoms with Gasteiger partial charge in [-0.05, 0) is 172 Å². The second-order valence-corrected chi connectivity index (χ2v) is 61.8. The highest BCUT2D eigenvalue weighted by atomic mass is 28.5. The van der Waals surface area contributed by atoms with Crippen molar-refractivity contribution in [3.05, 3.63) is 97.1 Å². The van der Waals surface area contributed by atoms with Crippen molar-refractivity contribution < 1.29 is 35.6 Å². The molecule has 0 fully saturated rings. The molecule has 396 valence electrons. The van der Waals surface area contributed by atoms with Crippen LogP contribution in [0.15, 0.2) is 97.1 Å². The van der Waals surface area contributed by atoms with Crippen LogP contribution in [0.4, 0.5) is 0 Å². The first-order valence-electron chi connectivity index (χ1n) is 25.6. The molecule has 8 nitrogen and oxygen atoms in total. The highest BCUT2D eigenvalue weighted by Gasteiger charge is 2.43. The molecule has 0 aliphatic rings. The van der Waals surface area contributed by atoms with Crippen molar-refractivity contribution in [2.75, 3.05) is 0 Å². The molecule has 0 unspecified atom stereocenters. The van der Waals surface area contributed by atoms with Crippen LogP contribution >= 0.6 is 0 Å². The molecule has 0 spiro atoms. The first kappa shape index (κ1) is 66.7. The summed E-state index contributed by atoms with van der Waals surface area (Å²) < 4.78 is 27.1. The monoisotopic (exact) mass is 1130 g/mol. The van der Waals surface area contributed by atoms with Crippen molar-refractivity contribution in [2.45, 2.75) is 184 Å². The molecular formula is C52H100O8Si10. The van der Waals surface area contributed by atoms with E-state index < -0.39 is 83.7 Å². The Balaban J connectivity index is 0.000000606. The summed E-state index contributed by atoms with van der Waals surface area (Å²) in [5.41, 5.74) is 0. The van der Waals surface area contributed by atoms with Gasteiger partial charge in [-0.1, -0.05) is 150 Å². The number of unbranched alkanes of at least 4 members (excludes halogenated alkanes) is 2. The maximum absolute atomic E-state index is 10.4. The molecule has 4 rings (SSSR count). The van der Waals surface area contributed by atoms with Gasteiger partial charge < -0.3 is 35.6 Å². The summed E-state index contributed by atoms with van der Waals surface area (Å²) in [6, 6.07) is 33.4. The smallest absolute Gasteiger partial charge is 0.311 e. The summed E-state index contributed by atoms with van der Waals surface area (Å²) in [4.78, 5) is 41.5. The lowest BCUT2D eigenvalue weighted by molar-refractivity contribution is 0.399. The normalized spacial score (nSPS) is 13.3. The minimum absolute atomic E-state index is 1.04. The number of benzene rings is 4. The SMILES string of the molecule is CCCC.CCCC.C[Si](C)(O[Si](C)(C)c1ccc([Si](C)(C)O)cc1)O[Si](C)(C)c1ccc([Si](C)(C)O)cc1.C[Si](C)(O[Si](C)(C)c1ccc([Si](C)(C)O)cc1)O[Si](C)(C)c1ccc([Si](C)(C)O)cc1. The van der Waals surface area contributed by atoms with Crippen LogP contribution in [-0.2, 0) is 16.5 Å². The quantitative estimate of drug-likeness (QED) is 0.0730. The van der Waals surface area contributed by atoms with Crippen LogP contribution < -0.4 is 41.5 Å². The van der Waals surface area contributed by atoms with Gasteiger partial charge >= 0.3 is 17.1 Å². The molecule has 4 N–H and O–H groups in total. The molecule has 4 aromatic rings. The van der Waals surface area contributed by atoms with Gasteiger partial charge in [0.15, 0.2) is 0 Å². The lowest BCUT2D eigenvalue weighted by Crippen LogP contribution is -2.60. The number of hydrogen-bond acceptors (Lipinski definition) is 8. The van der Waals surface area contributed by atoms with E-state index in [1.165, 1.54) is 46.4 Å². The lowest BCUT2D eigenvalue weighted by atomic mass is 10.4. The van der Waals surface area contributed by atoms with Gasteiger partial charge in [0, 0.05) is 0 Å². The molecule has 0 aromatic heterocycles. The second kappa shape index (κ2) is 26.5. The fourth-order valence-electron chi connectivity index (χ4n) is 7.85. The summed E-state index contributed by atoms with van der Waals surface area (Å²) >= 11 is 0. The molecule has 0 aliphatic carbocycles. The van der Waals surface area contributed by atoms with Crippen LogP contribution in [0.3, 0.4) is 0 Å². The molecule has 0 heterocycles. The summed E-state index contributed by atoms with van der Waals surface area (Å²) in [5.74, 6) is 0. The molecule has 0 aliphatic heterocycles. The molecule has 0 atom stereocenters. The third-order valence-corrected chi connectivity index (χ3v) is 42.1. The predicted octanol–water partition coefficient (Wildman–Crippen LogP) is 9.12. The zero-order chi connectivity index (χ0) is 54.6. The summed E-state index contributed by atoms with van der Waals surface area (Å²) in [6.07, 6.45) is 5.28. The van der Waals surface area contributed by atoms with Crippen molar-refractivity contribution in [3.8, 4) is 0 Å². The average Bonchev–Trinajstić information content (AvgIpc) is 3.21. The van der Waals surface area contributed by atoms with E-state index in [1.807, 2.05) is 52.4 Å². The summed E-state index contributed by atoms with van der Waals surface area (Å²) in [6.45, 7) is 50.6. The Bertz CT molecular complexity index is 1830. The van der Waals surface area contributed by atoms with Gasteiger partial charge in [-0.3, -0.25) is 0 Å². The van der Waals surface area contributed by atoms with E-state index in [1.54, 1.807) is 0 Å². The van der Waals surface area contributed by atoms with E-state index in [2.05, 4.69) is 203 Å². The fourth-order valence-corrected chi connectivity index (χ4v) is 38.3. The van der Waals surface area contributed by atoms with E-state index in [9.17, 15) is 19.2 Å². The summed E-state index contributed by atoms with van der Waals surface area (Å²) in [7, 11) is -22.6. The van der Waals surface area contributed by atoms with Gasteiger partial charge in [0.05, 0.1) is 0 Å². The largest absolute Gasteiger partial charge is 0.433 e. The second-order valence-electron chi connectivity index (χ2n) is 23.8. The number of rotatable bonds is 18.